The van der Waals surface area contributed by atoms with Crippen molar-refractivity contribution >= 4 is 35.2 Å². The Morgan fingerprint density at radius 2 is 1.86 bits per heavy atom. The molecule has 2 aromatic carbocycles. The fourth-order valence-corrected chi connectivity index (χ4v) is 1.91. The van der Waals surface area contributed by atoms with Crippen molar-refractivity contribution in [3.05, 3.63) is 70.8 Å². The van der Waals surface area contributed by atoms with E-state index >= 15 is 0 Å². The monoisotopic (exact) mass is 301 g/mol. The zero-order chi connectivity index (χ0) is 15.2. The van der Waals surface area contributed by atoms with Crippen LogP contribution in [-0.2, 0) is 4.79 Å². The predicted molar refractivity (Wildman–Crippen MR) is 82.5 cm³/mol. The lowest BCUT2D eigenvalue weighted by molar-refractivity contribution is -0.131. The van der Waals surface area contributed by atoms with Crippen molar-refractivity contribution in [3.8, 4) is 0 Å². The molecule has 0 spiro atoms. The van der Waals surface area contributed by atoms with Crippen molar-refractivity contribution in [2.75, 3.05) is 5.32 Å². The minimum Gasteiger partial charge on any atom is -0.478 e. The fraction of sp³-hybridized carbons (Fsp3) is 0. The third-order valence-corrected chi connectivity index (χ3v) is 2.88. The number of nitrogens with one attached hydrogen (secondary N) is 1. The van der Waals surface area contributed by atoms with Crippen LogP contribution < -0.4 is 5.32 Å². The number of aliphatic carboxylic acids is 1. The molecule has 2 N–H and O–H groups in total. The molecule has 0 unspecified atom stereocenters. The molecule has 0 saturated carbocycles. The summed E-state index contributed by atoms with van der Waals surface area (Å²) in [6.07, 6.45) is 2.45. The molecule has 106 valence electrons. The van der Waals surface area contributed by atoms with Gasteiger partial charge in [-0.3, -0.25) is 4.79 Å². The summed E-state index contributed by atoms with van der Waals surface area (Å²) in [7, 11) is 0. The molecule has 0 radical (unpaired) electrons. The van der Waals surface area contributed by atoms with Crippen LogP contribution in [0.4, 0.5) is 5.69 Å². The maximum absolute atomic E-state index is 12.1. The zero-order valence-corrected chi connectivity index (χ0v) is 11.7. The van der Waals surface area contributed by atoms with Crippen LogP contribution in [-0.4, -0.2) is 17.0 Å². The average molecular weight is 302 g/mol. The summed E-state index contributed by atoms with van der Waals surface area (Å²) >= 11 is 5.85. The number of hydrogen-bond donors (Lipinski definition) is 2. The highest BCUT2D eigenvalue weighted by Gasteiger charge is 2.06. The highest BCUT2D eigenvalue weighted by molar-refractivity contribution is 6.30. The summed E-state index contributed by atoms with van der Waals surface area (Å²) in [5.41, 5.74) is 1.66. The molecular formula is C16H12ClNO3. The van der Waals surface area contributed by atoms with Crippen molar-refractivity contribution in [1.29, 1.82) is 0 Å². The van der Waals surface area contributed by atoms with E-state index in [1.807, 2.05) is 0 Å². The summed E-state index contributed by atoms with van der Waals surface area (Å²) in [6, 6.07) is 13.5. The first-order valence-electron chi connectivity index (χ1n) is 6.12. The smallest absolute Gasteiger partial charge is 0.328 e. The number of halogens is 1. The fourth-order valence-electron chi connectivity index (χ4n) is 1.72. The first-order chi connectivity index (χ1) is 10.0. The average Bonchev–Trinajstić information content (AvgIpc) is 2.45. The third-order valence-electron chi connectivity index (χ3n) is 2.65. The Morgan fingerprint density at radius 1 is 1.10 bits per heavy atom. The predicted octanol–water partition coefficient (Wildman–Crippen LogP) is 3.69. The standard InChI is InChI=1S/C16H12ClNO3/c17-13-5-2-6-14(10-13)18-16(21)12-4-1-3-11(9-12)7-8-15(19)20/h1-10H,(H,18,21)(H,19,20). The summed E-state index contributed by atoms with van der Waals surface area (Å²) in [5.74, 6) is -1.33. The SMILES string of the molecule is O=C(O)C=Cc1cccc(C(=O)Nc2cccc(Cl)c2)c1. The Kier molecular flexibility index (Phi) is 4.74. The second kappa shape index (κ2) is 6.72. The second-order valence-electron chi connectivity index (χ2n) is 4.26. The van der Waals surface area contributed by atoms with E-state index in [2.05, 4.69) is 5.32 Å². The van der Waals surface area contributed by atoms with Crippen molar-refractivity contribution in [1.82, 2.24) is 0 Å². The van der Waals surface area contributed by atoms with E-state index in [1.165, 1.54) is 6.08 Å². The van der Waals surface area contributed by atoms with Gasteiger partial charge in [-0.25, -0.2) is 4.79 Å². The minimum absolute atomic E-state index is 0.289. The molecular weight excluding hydrogens is 290 g/mol. The molecule has 0 saturated heterocycles. The number of benzene rings is 2. The van der Waals surface area contributed by atoms with Crippen LogP contribution in [0.15, 0.2) is 54.6 Å². The molecule has 0 aliphatic heterocycles. The molecule has 0 atom stereocenters. The Bertz CT molecular complexity index is 710. The molecule has 0 bridgehead atoms. The van der Waals surface area contributed by atoms with Crippen molar-refractivity contribution in [2.24, 2.45) is 0 Å². The number of rotatable bonds is 4. The number of carboxylic acids is 1. The van der Waals surface area contributed by atoms with Gasteiger partial charge in [-0.1, -0.05) is 29.8 Å². The molecule has 0 fully saturated rings. The van der Waals surface area contributed by atoms with Crippen LogP contribution >= 0.6 is 11.6 Å². The van der Waals surface area contributed by atoms with Gasteiger partial charge >= 0.3 is 5.97 Å². The van der Waals surface area contributed by atoms with E-state index in [0.29, 0.717) is 21.8 Å². The van der Waals surface area contributed by atoms with Gasteiger partial charge in [-0.05, 0) is 42.0 Å². The summed E-state index contributed by atoms with van der Waals surface area (Å²) in [5, 5.41) is 11.9. The lowest BCUT2D eigenvalue weighted by atomic mass is 10.1. The van der Waals surface area contributed by atoms with Crippen LogP contribution in [0.25, 0.3) is 6.08 Å². The maximum atomic E-state index is 12.1. The second-order valence-corrected chi connectivity index (χ2v) is 4.70. The van der Waals surface area contributed by atoms with Gasteiger partial charge in [-0.15, -0.1) is 0 Å². The molecule has 0 aliphatic rings. The van der Waals surface area contributed by atoms with Crippen LogP contribution in [0.2, 0.25) is 5.02 Å². The van der Waals surface area contributed by atoms with Gasteiger partial charge in [0.05, 0.1) is 0 Å². The Hall–Kier alpha value is -2.59. The molecule has 5 heteroatoms. The number of anilines is 1. The van der Waals surface area contributed by atoms with E-state index in [9.17, 15) is 9.59 Å². The number of carbonyl (C=O) groups is 2. The Morgan fingerprint density at radius 3 is 2.57 bits per heavy atom. The van der Waals surface area contributed by atoms with E-state index < -0.39 is 5.97 Å². The van der Waals surface area contributed by atoms with Gasteiger partial charge in [0.25, 0.3) is 5.91 Å². The summed E-state index contributed by atoms with van der Waals surface area (Å²) in [6.45, 7) is 0. The number of hydrogen-bond acceptors (Lipinski definition) is 2. The molecule has 0 heterocycles. The highest BCUT2D eigenvalue weighted by atomic mass is 35.5. The molecule has 4 nitrogen and oxygen atoms in total. The number of carboxylic acid groups (broad SMARTS) is 1. The summed E-state index contributed by atoms with van der Waals surface area (Å²) in [4.78, 5) is 22.6. The topological polar surface area (TPSA) is 66.4 Å². The number of amides is 1. The van der Waals surface area contributed by atoms with Crippen LogP contribution in [0.5, 0.6) is 0 Å². The van der Waals surface area contributed by atoms with Gasteiger partial charge in [0.2, 0.25) is 0 Å². The van der Waals surface area contributed by atoms with Gasteiger partial charge in [0.1, 0.15) is 0 Å². The summed E-state index contributed by atoms with van der Waals surface area (Å²) < 4.78 is 0. The lowest BCUT2D eigenvalue weighted by Gasteiger charge is -2.06. The van der Waals surface area contributed by atoms with E-state index in [-0.39, 0.29) is 5.91 Å². The van der Waals surface area contributed by atoms with Crippen molar-refractivity contribution in [2.45, 2.75) is 0 Å². The molecule has 21 heavy (non-hydrogen) atoms. The van der Waals surface area contributed by atoms with Crippen LogP contribution in [0.3, 0.4) is 0 Å². The first-order valence-corrected chi connectivity index (χ1v) is 6.50. The highest BCUT2D eigenvalue weighted by Crippen LogP contribution is 2.16. The normalized spacial score (nSPS) is 10.5. The molecule has 2 rings (SSSR count). The zero-order valence-electron chi connectivity index (χ0n) is 10.9. The van der Waals surface area contributed by atoms with Crippen molar-refractivity contribution < 1.29 is 14.7 Å². The van der Waals surface area contributed by atoms with Crippen LogP contribution in [0, 0.1) is 0 Å². The quantitative estimate of drug-likeness (QED) is 0.846. The minimum atomic E-state index is -1.04. The van der Waals surface area contributed by atoms with Crippen molar-refractivity contribution in [3.63, 3.8) is 0 Å². The van der Waals surface area contributed by atoms with E-state index in [4.69, 9.17) is 16.7 Å². The first kappa shape index (κ1) is 14.8. The van der Waals surface area contributed by atoms with Gasteiger partial charge in [0.15, 0.2) is 0 Å². The molecule has 1 amide bonds. The number of carbonyl (C=O) groups excluding carboxylic acids is 1. The third kappa shape index (κ3) is 4.47. The van der Waals surface area contributed by atoms with E-state index in [0.717, 1.165) is 6.08 Å². The van der Waals surface area contributed by atoms with Gasteiger partial charge in [0, 0.05) is 22.3 Å². The lowest BCUT2D eigenvalue weighted by Crippen LogP contribution is -2.11. The molecule has 0 aromatic heterocycles. The van der Waals surface area contributed by atoms with Crippen LogP contribution in [0.1, 0.15) is 15.9 Å². The Labute approximate surface area is 126 Å². The molecule has 2 aromatic rings. The largest absolute Gasteiger partial charge is 0.478 e. The van der Waals surface area contributed by atoms with Gasteiger partial charge < -0.3 is 10.4 Å². The Balaban J connectivity index is 2.16. The van der Waals surface area contributed by atoms with E-state index in [1.54, 1.807) is 48.5 Å². The maximum Gasteiger partial charge on any atom is 0.328 e. The van der Waals surface area contributed by atoms with Gasteiger partial charge in [-0.2, -0.15) is 0 Å². The molecule has 0 aliphatic carbocycles.